The van der Waals surface area contributed by atoms with E-state index in [0.717, 1.165) is 24.5 Å². The zero-order valence-electron chi connectivity index (χ0n) is 16.6. The third-order valence-corrected chi connectivity index (χ3v) is 6.00. The van der Waals surface area contributed by atoms with Crippen molar-refractivity contribution in [2.75, 3.05) is 20.8 Å². The summed E-state index contributed by atoms with van der Waals surface area (Å²) in [5.41, 5.74) is 2.51. The zero-order chi connectivity index (χ0) is 19.5. The van der Waals surface area contributed by atoms with E-state index < -0.39 is 0 Å². The van der Waals surface area contributed by atoms with Crippen molar-refractivity contribution in [1.29, 1.82) is 0 Å². The lowest BCUT2D eigenvalue weighted by atomic mass is 9.91. The van der Waals surface area contributed by atoms with Crippen LogP contribution in [0.4, 0.5) is 0 Å². The molecule has 0 amide bonds. The maximum atomic E-state index is 11.8. The Kier molecular flexibility index (Phi) is 5.56. The van der Waals surface area contributed by atoms with E-state index in [4.69, 9.17) is 14.2 Å². The minimum atomic E-state index is -0.137. The third-order valence-electron chi connectivity index (χ3n) is 6.00. The first-order valence-electron chi connectivity index (χ1n) is 10.1. The summed E-state index contributed by atoms with van der Waals surface area (Å²) in [5.74, 6) is 3.60. The number of esters is 1. The molecule has 0 aromatic heterocycles. The Balaban J connectivity index is 1.36. The average molecular weight is 380 g/mol. The first-order valence-corrected chi connectivity index (χ1v) is 10.1. The molecule has 0 aliphatic heterocycles. The fourth-order valence-corrected chi connectivity index (χ4v) is 4.07. The van der Waals surface area contributed by atoms with Crippen LogP contribution in [0.5, 0.6) is 11.5 Å². The van der Waals surface area contributed by atoms with E-state index in [-0.39, 0.29) is 11.9 Å². The molecule has 0 saturated heterocycles. The number of hydrogen-bond acceptors (Lipinski definition) is 4. The number of rotatable bonds is 9. The molecule has 2 aliphatic carbocycles. The van der Waals surface area contributed by atoms with Gasteiger partial charge >= 0.3 is 5.97 Å². The van der Waals surface area contributed by atoms with Crippen molar-refractivity contribution >= 4 is 5.97 Å². The van der Waals surface area contributed by atoms with E-state index in [1.165, 1.54) is 31.1 Å². The summed E-state index contributed by atoms with van der Waals surface area (Å²) >= 11 is 0. The second-order valence-electron chi connectivity index (χ2n) is 7.99. The van der Waals surface area contributed by atoms with Crippen LogP contribution in [-0.2, 0) is 9.53 Å². The second kappa shape index (κ2) is 8.26. The van der Waals surface area contributed by atoms with E-state index in [1.54, 1.807) is 7.11 Å². The molecule has 4 nitrogen and oxygen atoms in total. The topological polar surface area (TPSA) is 44.8 Å². The van der Waals surface area contributed by atoms with Crippen molar-refractivity contribution in [3.63, 3.8) is 0 Å². The molecule has 0 bridgehead atoms. The zero-order valence-corrected chi connectivity index (χ0v) is 16.6. The van der Waals surface area contributed by atoms with Crippen molar-refractivity contribution in [2.45, 2.75) is 37.5 Å². The van der Waals surface area contributed by atoms with Crippen LogP contribution in [0, 0.1) is 11.8 Å². The van der Waals surface area contributed by atoms with Crippen LogP contribution in [0.15, 0.2) is 48.5 Å². The lowest BCUT2D eigenvalue weighted by molar-refractivity contribution is -0.141. The van der Waals surface area contributed by atoms with Gasteiger partial charge in [-0.2, -0.15) is 0 Å². The third kappa shape index (κ3) is 4.49. The summed E-state index contributed by atoms with van der Waals surface area (Å²) in [4.78, 5) is 11.8. The van der Waals surface area contributed by atoms with Gasteiger partial charge in [0.05, 0.1) is 27.2 Å². The summed E-state index contributed by atoms with van der Waals surface area (Å²) < 4.78 is 16.3. The molecular weight excluding hydrogens is 352 g/mol. The SMILES string of the molecule is COC(=O)C[C@H](c1cccc(OCC2CC2c2cccc(OC)c2)c1)C1CC1. The van der Waals surface area contributed by atoms with Gasteiger partial charge in [0.2, 0.25) is 0 Å². The van der Waals surface area contributed by atoms with Crippen LogP contribution in [0.25, 0.3) is 0 Å². The largest absolute Gasteiger partial charge is 0.497 e. The lowest BCUT2D eigenvalue weighted by Gasteiger charge is -2.17. The summed E-state index contributed by atoms with van der Waals surface area (Å²) in [5, 5.41) is 0. The molecule has 2 saturated carbocycles. The molecule has 3 atom stereocenters. The van der Waals surface area contributed by atoms with Crippen molar-refractivity contribution in [3.8, 4) is 11.5 Å². The normalized spacial score (nSPS) is 21.6. The van der Waals surface area contributed by atoms with Gasteiger partial charge in [0.15, 0.2) is 0 Å². The standard InChI is InChI=1S/C24H28O4/c1-26-20-7-3-5-17(11-20)22-13-19(22)15-28-21-8-4-6-18(12-21)23(16-9-10-16)14-24(25)27-2/h3-8,11-12,16,19,22-23H,9-10,13-15H2,1-2H3/t19?,22?,23-/m0/s1. The molecule has 4 heteroatoms. The Morgan fingerprint density at radius 1 is 1.07 bits per heavy atom. The molecule has 2 fully saturated rings. The molecule has 148 valence electrons. The molecule has 4 rings (SSSR count). The quantitative estimate of drug-likeness (QED) is 0.578. The Hall–Kier alpha value is -2.49. The van der Waals surface area contributed by atoms with Gasteiger partial charge in [-0.25, -0.2) is 0 Å². The Morgan fingerprint density at radius 2 is 1.86 bits per heavy atom. The van der Waals surface area contributed by atoms with Crippen molar-refractivity contribution < 1.29 is 19.0 Å². The minimum Gasteiger partial charge on any atom is -0.497 e. The second-order valence-corrected chi connectivity index (χ2v) is 7.99. The van der Waals surface area contributed by atoms with Crippen LogP contribution in [-0.4, -0.2) is 26.8 Å². The number of benzene rings is 2. The number of methoxy groups -OCH3 is 2. The monoisotopic (exact) mass is 380 g/mol. The molecule has 2 unspecified atom stereocenters. The Morgan fingerprint density at radius 3 is 2.61 bits per heavy atom. The molecule has 2 aromatic carbocycles. The molecule has 28 heavy (non-hydrogen) atoms. The van der Waals surface area contributed by atoms with Crippen molar-refractivity contribution in [1.82, 2.24) is 0 Å². The predicted octanol–water partition coefficient (Wildman–Crippen LogP) is 4.93. The molecule has 2 aromatic rings. The fraction of sp³-hybridized carbons (Fsp3) is 0.458. The van der Waals surface area contributed by atoms with Crippen molar-refractivity contribution in [3.05, 3.63) is 59.7 Å². The molecule has 2 aliphatic rings. The summed E-state index contributed by atoms with van der Waals surface area (Å²) in [6.07, 6.45) is 3.99. The van der Waals surface area contributed by atoms with Gasteiger partial charge in [-0.15, -0.1) is 0 Å². The smallest absolute Gasteiger partial charge is 0.306 e. The van der Waals surface area contributed by atoms with Crippen LogP contribution in [0.1, 0.15) is 48.6 Å². The first-order chi connectivity index (χ1) is 13.7. The van der Waals surface area contributed by atoms with E-state index >= 15 is 0 Å². The van der Waals surface area contributed by atoms with E-state index in [9.17, 15) is 4.79 Å². The summed E-state index contributed by atoms with van der Waals surface area (Å²) in [7, 11) is 3.16. The maximum Gasteiger partial charge on any atom is 0.306 e. The van der Waals surface area contributed by atoms with E-state index in [2.05, 4.69) is 24.3 Å². The van der Waals surface area contributed by atoms with Gasteiger partial charge in [-0.05, 0) is 72.4 Å². The number of carbonyl (C=O) groups excluding carboxylic acids is 1. The number of hydrogen-bond donors (Lipinski definition) is 0. The van der Waals surface area contributed by atoms with Gasteiger partial charge in [0.25, 0.3) is 0 Å². The summed E-state index contributed by atoms with van der Waals surface area (Å²) in [6.45, 7) is 0.719. The molecule has 0 spiro atoms. The highest BCUT2D eigenvalue weighted by Crippen LogP contribution is 2.48. The fourth-order valence-electron chi connectivity index (χ4n) is 4.07. The van der Waals surface area contributed by atoms with Gasteiger partial charge < -0.3 is 14.2 Å². The predicted molar refractivity (Wildman–Crippen MR) is 108 cm³/mol. The minimum absolute atomic E-state index is 0.137. The first kappa shape index (κ1) is 18.9. The number of carbonyl (C=O) groups is 1. The van der Waals surface area contributed by atoms with Gasteiger partial charge in [-0.1, -0.05) is 24.3 Å². The molecular formula is C24H28O4. The molecule has 0 radical (unpaired) electrons. The van der Waals surface area contributed by atoms with Crippen molar-refractivity contribution in [2.24, 2.45) is 11.8 Å². The van der Waals surface area contributed by atoms with Crippen LogP contribution < -0.4 is 9.47 Å². The summed E-state index contributed by atoms with van der Waals surface area (Å²) in [6, 6.07) is 16.6. The Bertz CT molecular complexity index is 827. The molecule has 0 heterocycles. The van der Waals surface area contributed by atoms with Gasteiger partial charge in [-0.3, -0.25) is 4.79 Å². The maximum absolute atomic E-state index is 11.8. The Labute approximate surface area is 166 Å². The highest BCUT2D eigenvalue weighted by molar-refractivity contribution is 5.70. The highest BCUT2D eigenvalue weighted by Gasteiger charge is 2.39. The van der Waals surface area contributed by atoms with Gasteiger partial charge in [0, 0.05) is 5.92 Å². The lowest BCUT2D eigenvalue weighted by Crippen LogP contribution is -2.11. The average Bonchev–Trinajstić information content (AvgIpc) is 3.65. The number of ether oxygens (including phenoxy) is 3. The van der Waals surface area contributed by atoms with Crippen LogP contribution in [0.3, 0.4) is 0 Å². The van der Waals surface area contributed by atoms with E-state index in [0.29, 0.717) is 24.2 Å². The molecule has 0 N–H and O–H groups in total. The van der Waals surface area contributed by atoms with Crippen LogP contribution in [0.2, 0.25) is 0 Å². The highest BCUT2D eigenvalue weighted by atomic mass is 16.5. The van der Waals surface area contributed by atoms with Gasteiger partial charge in [0.1, 0.15) is 11.5 Å². The van der Waals surface area contributed by atoms with E-state index in [1.807, 2.05) is 24.3 Å². The van der Waals surface area contributed by atoms with Crippen LogP contribution >= 0.6 is 0 Å².